The van der Waals surface area contributed by atoms with Crippen LogP contribution < -0.4 is 0 Å². The first-order chi connectivity index (χ1) is 18.7. The Morgan fingerprint density at radius 1 is 1.10 bits per heavy atom. The smallest absolute Gasteiger partial charge is 0.333 e. The van der Waals surface area contributed by atoms with Crippen molar-refractivity contribution in [1.82, 2.24) is 0 Å². The molecule has 1 N–H and O–H groups in total. The van der Waals surface area contributed by atoms with Gasteiger partial charge in [0.2, 0.25) is 0 Å². The SMILES string of the molecule is CC(=O)O[C@@H]1C[C@]2(O)CC[C@]34OC(=O)C[C@H]3OC(C)(C)[C@@H]4C[C@H]2[C@]23O[C@H]2C[C@H]([C@@H](C)[C@H]2CC=C(C)C(=O)O2)[C@@]13C. The molecule has 9 nitrogen and oxygen atoms in total. The van der Waals surface area contributed by atoms with E-state index in [0.717, 1.165) is 6.42 Å². The van der Waals surface area contributed by atoms with E-state index < -0.39 is 33.9 Å². The molecule has 9 heteroatoms. The standard InChI is InChI=1S/C31H42O9/c1-15-7-8-19(37-26(15)34)16(2)18-11-23-31(39-23)21-12-20-27(4,5)38-22-13-25(33)40-30(20,22)10-9-29(21,35)14-24(28(18,31)6)36-17(3)32/h7,16,18-24,35H,8-14H2,1-6H3/t16-,18-,19-,20+,21-,22-,23+,24-,28+,29-,30-,31+/m1/s1. The monoisotopic (exact) mass is 558 g/mol. The second kappa shape index (κ2) is 8.10. The van der Waals surface area contributed by atoms with Crippen LogP contribution in [0, 0.1) is 29.1 Å². The fraction of sp³-hybridized carbons (Fsp3) is 0.839. The van der Waals surface area contributed by atoms with Crippen LogP contribution in [0.5, 0.6) is 0 Å². The Morgan fingerprint density at radius 3 is 2.55 bits per heavy atom. The summed E-state index contributed by atoms with van der Waals surface area (Å²) in [6.45, 7) is 11.6. The normalized spacial score (nSPS) is 52.5. The number of epoxide rings is 1. The highest BCUT2D eigenvalue weighted by Crippen LogP contribution is 2.77. The highest BCUT2D eigenvalue weighted by Gasteiger charge is 2.86. The molecule has 0 aromatic heterocycles. The van der Waals surface area contributed by atoms with Crippen LogP contribution in [0.1, 0.15) is 86.5 Å². The molecule has 4 heterocycles. The van der Waals surface area contributed by atoms with Crippen molar-refractivity contribution in [2.45, 2.75) is 133 Å². The van der Waals surface area contributed by atoms with Crippen LogP contribution in [0.15, 0.2) is 11.6 Å². The largest absolute Gasteiger partial charge is 0.462 e. The third kappa shape index (κ3) is 3.23. The molecule has 2 spiro atoms. The third-order valence-electron chi connectivity index (χ3n) is 12.5. The molecule has 7 aliphatic rings. The lowest BCUT2D eigenvalue weighted by atomic mass is 9.50. The highest BCUT2D eigenvalue weighted by molar-refractivity contribution is 5.88. The van der Waals surface area contributed by atoms with Crippen molar-refractivity contribution in [3.63, 3.8) is 0 Å². The van der Waals surface area contributed by atoms with E-state index in [1.165, 1.54) is 6.92 Å². The second-order valence-electron chi connectivity index (χ2n) is 14.5. The summed E-state index contributed by atoms with van der Waals surface area (Å²) in [5, 5.41) is 12.5. The van der Waals surface area contributed by atoms with Gasteiger partial charge in [-0.2, -0.15) is 0 Å². The molecule has 6 fully saturated rings. The molecule has 0 aromatic carbocycles. The van der Waals surface area contributed by atoms with E-state index in [2.05, 4.69) is 27.7 Å². The number of cyclic esters (lactones) is 1. The summed E-state index contributed by atoms with van der Waals surface area (Å²) >= 11 is 0. The summed E-state index contributed by atoms with van der Waals surface area (Å²) in [6, 6.07) is 0. The molecule has 7 rings (SSSR count). The van der Waals surface area contributed by atoms with Crippen molar-refractivity contribution >= 4 is 17.9 Å². The van der Waals surface area contributed by atoms with Crippen LogP contribution in [0.3, 0.4) is 0 Å². The molecule has 0 unspecified atom stereocenters. The van der Waals surface area contributed by atoms with Gasteiger partial charge in [-0.15, -0.1) is 0 Å². The van der Waals surface area contributed by atoms with Crippen molar-refractivity contribution in [2.75, 3.05) is 0 Å². The Balaban J connectivity index is 1.30. The maximum atomic E-state index is 12.5. The molecule has 4 aliphatic heterocycles. The van der Waals surface area contributed by atoms with Gasteiger partial charge in [0.1, 0.15) is 29.5 Å². The van der Waals surface area contributed by atoms with Crippen molar-refractivity contribution < 1.29 is 43.2 Å². The van der Waals surface area contributed by atoms with Gasteiger partial charge in [0.05, 0.1) is 23.7 Å². The summed E-state index contributed by atoms with van der Waals surface area (Å²) in [5.41, 5.74) is -3.14. The fourth-order valence-corrected chi connectivity index (χ4v) is 10.6. The lowest BCUT2D eigenvalue weighted by Crippen LogP contribution is -2.66. The van der Waals surface area contributed by atoms with Gasteiger partial charge in [0, 0.05) is 42.6 Å². The number of aliphatic hydroxyl groups is 1. The Bertz CT molecular complexity index is 1210. The van der Waals surface area contributed by atoms with E-state index in [0.29, 0.717) is 37.7 Å². The van der Waals surface area contributed by atoms with Crippen LogP contribution in [0.2, 0.25) is 0 Å². The number of carbonyl (C=O) groups is 3. The Labute approximate surface area is 235 Å². The number of carbonyl (C=O) groups excluding carboxylic acids is 3. The number of hydrogen-bond donors (Lipinski definition) is 1. The fourth-order valence-electron chi connectivity index (χ4n) is 10.6. The van der Waals surface area contributed by atoms with Crippen LogP contribution in [0.25, 0.3) is 0 Å². The summed E-state index contributed by atoms with van der Waals surface area (Å²) in [6.07, 6.45) is 4.10. The average molecular weight is 559 g/mol. The lowest BCUT2D eigenvalue weighted by Gasteiger charge is -2.57. The number of esters is 3. The molecular weight excluding hydrogens is 516 g/mol. The van der Waals surface area contributed by atoms with Gasteiger partial charge >= 0.3 is 17.9 Å². The molecule has 220 valence electrons. The minimum atomic E-state index is -1.15. The minimum Gasteiger partial charge on any atom is -0.462 e. The van der Waals surface area contributed by atoms with Crippen molar-refractivity contribution in [3.05, 3.63) is 11.6 Å². The van der Waals surface area contributed by atoms with Gasteiger partial charge in [-0.1, -0.05) is 19.9 Å². The molecule has 0 bridgehead atoms. The Morgan fingerprint density at radius 2 is 1.85 bits per heavy atom. The van der Waals surface area contributed by atoms with Gasteiger partial charge < -0.3 is 28.8 Å². The van der Waals surface area contributed by atoms with E-state index >= 15 is 0 Å². The molecule has 12 atom stereocenters. The van der Waals surface area contributed by atoms with E-state index in [4.69, 9.17) is 23.7 Å². The van der Waals surface area contributed by atoms with Gasteiger partial charge in [0.25, 0.3) is 0 Å². The average Bonchev–Trinajstić information content (AvgIpc) is 3.37. The number of ether oxygens (including phenoxy) is 5. The molecule has 3 aliphatic carbocycles. The number of rotatable bonds is 3. The predicted octanol–water partition coefficient (Wildman–Crippen LogP) is 3.39. The molecular formula is C31H42O9. The summed E-state index contributed by atoms with van der Waals surface area (Å²) < 4.78 is 31.2. The number of hydrogen-bond acceptors (Lipinski definition) is 9. The van der Waals surface area contributed by atoms with Crippen molar-refractivity contribution in [3.8, 4) is 0 Å². The van der Waals surface area contributed by atoms with Gasteiger partial charge in [-0.25, -0.2) is 4.79 Å². The summed E-state index contributed by atoms with van der Waals surface area (Å²) in [4.78, 5) is 37.5. The van der Waals surface area contributed by atoms with Crippen molar-refractivity contribution in [1.29, 1.82) is 0 Å². The maximum Gasteiger partial charge on any atom is 0.333 e. The summed E-state index contributed by atoms with van der Waals surface area (Å²) in [7, 11) is 0. The third-order valence-corrected chi connectivity index (χ3v) is 12.5. The predicted molar refractivity (Wildman–Crippen MR) is 140 cm³/mol. The molecule has 40 heavy (non-hydrogen) atoms. The van der Waals surface area contributed by atoms with Crippen LogP contribution >= 0.6 is 0 Å². The number of fused-ring (bicyclic) bond motifs is 1. The van der Waals surface area contributed by atoms with Crippen LogP contribution in [-0.2, 0) is 38.1 Å². The van der Waals surface area contributed by atoms with Gasteiger partial charge in [-0.3, -0.25) is 9.59 Å². The van der Waals surface area contributed by atoms with E-state index in [-0.39, 0.29) is 66.3 Å². The molecule has 3 saturated heterocycles. The zero-order valence-corrected chi connectivity index (χ0v) is 24.4. The first kappa shape index (κ1) is 26.9. The minimum absolute atomic E-state index is 0.000585. The van der Waals surface area contributed by atoms with E-state index in [9.17, 15) is 19.5 Å². The summed E-state index contributed by atoms with van der Waals surface area (Å²) in [5.74, 6) is -1.22. The van der Waals surface area contributed by atoms with Crippen molar-refractivity contribution in [2.24, 2.45) is 29.1 Å². The van der Waals surface area contributed by atoms with E-state index in [1.807, 2.05) is 6.08 Å². The molecule has 0 aromatic rings. The first-order valence-corrected chi connectivity index (χ1v) is 15.0. The Kier molecular flexibility index (Phi) is 5.45. The van der Waals surface area contributed by atoms with E-state index in [1.54, 1.807) is 6.92 Å². The quantitative estimate of drug-likeness (QED) is 0.316. The topological polar surface area (TPSA) is 121 Å². The zero-order chi connectivity index (χ0) is 28.6. The maximum absolute atomic E-state index is 12.5. The van der Waals surface area contributed by atoms with Crippen LogP contribution in [0.4, 0.5) is 0 Å². The van der Waals surface area contributed by atoms with Gasteiger partial charge in [-0.05, 0) is 58.3 Å². The highest BCUT2D eigenvalue weighted by atomic mass is 16.6. The molecule has 0 radical (unpaired) electrons. The first-order valence-electron chi connectivity index (χ1n) is 15.0. The molecule has 3 saturated carbocycles. The molecule has 0 amide bonds. The second-order valence-corrected chi connectivity index (χ2v) is 14.5. The van der Waals surface area contributed by atoms with Gasteiger partial charge in [0.15, 0.2) is 0 Å². The zero-order valence-electron chi connectivity index (χ0n) is 24.4. The lowest BCUT2D eigenvalue weighted by molar-refractivity contribution is -0.223. The Hall–Kier alpha value is -1.97. The van der Waals surface area contributed by atoms with Crippen LogP contribution in [-0.4, -0.2) is 69.8 Å².